The fourth-order valence-corrected chi connectivity index (χ4v) is 4.34. The number of nitrogen functional groups attached to an aromatic ring is 1. The molecule has 0 spiro atoms. The third kappa shape index (κ3) is 4.06. The van der Waals surface area contributed by atoms with Gasteiger partial charge in [-0.3, -0.25) is 18.7 Å². The first-order valence-electron chi connectivity index (χ1n) is 10.0. The molecule has 0 saturated heterocycles. The van der Waals surface area contributed by atoms with Crippen LogP contribution < -0.4 is 17.0 Å². The zero-order valence-electron chi connectivity index (χ0n) is 17.4. The summed E-state index contributed by atoms with van der Waals surface area (Å²) in [7, 11) is 0. The molecule has 0 amide bonds. The van der Waals surface area contributed by atoms with Crippen LogP contribution in [0.25, 0.3) is 10.9 Å². The van der Waals surface area contributed by atoms with Gasteiger partial charge in [0.05, 0.1) is 17.8 Å². The van der Waals surface area contributed by atoms with E-state index in [-0.39, 0.29) is 30.2 Å². The molecule has 0 radical (unpaired) electrons. The topological polar surface area (TPSA) is 113 Å². The number of carbonyl (C=O) groups excluding carboxylic acids is 1. The van der Waals surface area contributed by atoms with Gasteiger partial charge >= 0.3 is 5.69 Å². The summed E-state index contributed by atoms with van der Waals surface area (Å²) in [5, 5.41) is 1.46. The molecule has 8 nitrogen and oxygen atoms in total. The zero-order chi connectivity index (χ0) is 22.7. The van der Waals surface area contributed by atoms with Gasteiger partial charge < -0.3 is 5.73 Å². The fourth-order valence-electron chi connectivity index (χ4n) is 3.48. The number of hydrogen-bond acceptors (Lipinski definition) is 7. The van der Waals surface area contributed by atoms with Crippen LogP contribution in [0.1, 0.15) is 22.8 Å². The van der Waals surface area contributed by atoms with E-state index in [0.717, 1.165) is 21.0 Å². The lowest BCUT2D eigenvalue weighted by atomic mass is 10.2. The summed E-state index contributed by atoms with van der Waals surface area (Å²) in [5.74, 6) is -0.621. The Morgan fingerprint density at radius 3 is 2.47 bits per heavy atom. The number of fused-ring (bicyclic) bond motifs is 1. The average Bonchev–Trinajstić information content (AvgIpc) is 2.81. The predicted octanol–water partition coefficient (Wildman–Crippen LogP) is 2.58. The molecule has 4 aromatic rings. The van der Waals surface area contributed by atoms with Crippen LogP contribution in [0.5, 0.6) is 0 Å². The minimum atomic E-state index is -0.669. The maximum atomic E-state index is 13.1. The van der Waals surface area contributed by atoms with Crippen molar-refractivity contribution in [3.05, 3.63) is 92.9 Å². The number of aromatic nitrogens is 4. The minimum Gasteiger partial charge on any atom is -0.384 e. The summed E-state index contributed by atoms with van der Waals surface area (Å²) in [5.41, 5.74) is 6.43. The summed E-state index contributed by atoms with van der Waals surface area (Å²) < 4.78 is 2.31. The molecule has 0 unspecified atom stereocenters. The number of nitrogens with zero attached hydrogens (tertiary/aromatic N) is 4. The molecular formula is C23H21N5O3S. The van der Waals surface area contributed by atoms with E-state index >= 15 is 0 Å². The maximum absolute atomic E-state index is 13.1. The van der Waals surface area contributed by atoms with Crippen LogP contribution >= 0.6 is 11.8 Å². The van der Waals surface area contributed by atoms with Gasteiger partial charge in [-0.25, -0.2) is 14.8 Å². The molecule has 9 heteroatoms. The molecule has 162 valence electrons. The van der Waals surface area contributed by atoms with Crippen LogP contribution in [0.15, 0.2) is 75.5 Å². The molecule has 0 aliphatic heterocycles. The summed E-state index contributed by atoms with van der Waals surface area (Å²) in [6.45, 7) is 1.98. The van der Waals surface area contributed by atoms with E-state index < -0.39 is 17.0 Å². The molecule has 2 aromatic carbocycles. The van der Waals surface area contributed by atoms with Crippen LogP contribution in [0.4, 0.5) is 5.82 Å². The minimum absolute atomic E-state index is 0.0479. The first kappa shape index (κ1) is 21.5. The van der Waals surface area contributed by atoms with Gasteiger partial charge in [-0.2, -0.15) is 0 Å². The zero-order valence-corrected chi connectivity index (χ0v) is 18.2. The molecule has 32 heavy (non-hydrogen) atoms. The second-order valence-electron chi connectivity index (χ2n) is 7.07. The van der Waals surface area contributed by atoms with Gasteiger partial charge in [0.15, 0.2) is 5.78 Å². The molecule has 0 fully saturated rings. The van der Waals surface area contributed by atoms with Crippen molar-refractivity contribution < 1.29 is 4.79 Å². The van der Waals surface area contributed by atoms with Gasteiger partial charge in [0.2, 0.25) is 0 Å². The smallest absolute Gasteiger partial charge is 0.332 e. The van der Waals surface area contributed by atoms with Crippen molar-refractivity contribution in [3.8, 4) is 0 Å². The maximum Gasteiger partial charge on any atom is 0.332 e. The first-order chi connectivity index (χ1) is 15.5. The summed E-state index contributed by atoms with van der Waals surface area (Å²) in [6, 6.07) is 16.7. The molecule has 0 saturated carbocycles. The Balaban J connectivity index is 1.70. The number of ketones is 1. The second-order valence-corrected chi connectivity index (χ2v) is 8.04. The molecule has 4 rings (SSSR count). The third-order valence-corrected chi connectivity index (χ3v) is 6.10. The SMILES string of the molecule is CCn1c(=O)c(C(=O)CSc2ncnc3ccccc23)c(N)n(Cc2ccccc2)c1=O. The number of rotatable bonds is 7. The van der Waals surface area contributed by atoms with E-state index in [0.29, 0.717) is 5.03 Å². The van der Waals surface area contributed by atoms with Crippen LogP contribution in [-0.2, 0) is 13.1 Å². The van der Waals surface area contributed by atoms with Crippen molar-refractivity contribution in [2.45, 2.75) is 25.0 Å². The van der Waals surface area contributed by atoms with Crippen molar-refractivity contribution in [3.63, 3.8) is 0 Å². The Labute approximate surface area is 187 Å². The largest absolute Gasteiger partial charge is 0.384 e. The third-order valence-electron chi connectivity index (χ3n) is 5.09. The van der Waals surface area contributed by atoms with E-state index in [9.17, 15) is 14.4 Å². The fraction of sp³-hybridized carbons (Fsp3) is 0.174. The van der Waals surface area contributed by atoms with Crippen molar-refractivity contribution in [1.29, 1.82) is 0 Å². The molecule has 0 bridgehead atoms. The number of para-hydroxylation sites is 1. The number of hydrogen-bond donors (Lipinski definition) is 1. The van der Waals surface area contributed by atoms with E-state index in [1.54, 1.807) is 6.92 Å². The monoisotopic (exact) mass is 447 g/mol. The Bertz CT molecular complexity index is 1410. The van der Waals surface area contributed by atoms with Gasteiger partial charge in [-0.1, -0.05) is 60.3 Å². The predicted molar refractivity (Wildman–Crippen MR) is 125 cm³/mol. The average molecular weight is 448 g/mol. The quantitative estimate of drug-likeness (QED) is 0.263. The molecule has 2 aromatic heterocycles. The standard InChI is InChI=1S/C23H21N5O3S/c1-2-27-22(30)19(20(24)28(23(27)31)12-15-8-4-3-5-9-15)18(29)13-32-21-16-10-6-7-11-17(16)25-14-26-21/h3-11,14H,2,12-13,24H2,1H3. The highest BCUT2D eigenvalue weighted by Gasteiger charge is 2.23. The Hall–Kier alpha value is -3.72. The van der Waals surface area contributed by atoms with E-state index in [2.05, 4.69) is 9.97 Å². The number of thioether (sulfide) groups is 1. The van der Waals surface area contributed by atoms with Gasteiger partial charge in [-0.15, -0.1) is 0 Å². The highest BCUT2D eigenvalue weighted by molar-refractivity contribution is 8.00. The van der Waals surface area contributed by atoms with Crippen LogP contribution in [0.2, 0.25) is 0 Å². The van der Waals surface area contributed by atoms with E-state index in [4.69, 9.17) is 5.73 Å². The summed E-state index contributed by atoms with van der Waals surface area (Å²) >= 11 is 1.21. The first-order valence-corrected chi connectivity index (χ1v) is 11.0. The van der Waals surface area contributed by atoms with Crippen molar-refractivity contribution in [2.24, 2.45) is 0 Å². The van der Waals surface area contributed by atoms with E-state index in [1.807, 2.05) is 54.6 Å². The van der Waals surface area contributed by atoms with Crippen molar-refractivity contribution in [1.82, 2.24) is 19.1 Å². The molecule has 0 atom stereocenters. The molecule has 0 aliphatic rings. The summed E-state index contributed by atoms with van der Waals surface area (Å²) in [6.07, 6.45) is 1.44. The van der Waals surface area contributed by atoms with Gasteiger partial charge in [0.1, 0.15) is 22.7 Å². The van der Waals surface area contributed by atoms with Crippen LogP contribution in [0.3, 0.4) is 0 Å². The number of nitrogens with two attached hydrogens (primary N) is 1. The Morgan fingerprint density at radius 1 is 1.00 bits per heavy atom. The van der Waals surface area contributed by atoms with Crippen LogP contribution in [-0.4, -0.2) is 30.6 Å². The van der Waals surface area contributed by atoms with Gasteiger partial charge in [0, 0.05) is 11.9 Å². The van der Waals surface area contributed by atoms with E-state index in [1.165, 1.54) is 22.7 Å². The molecule has 2 N–H and O–H groups in total. The molecule has 0 aliphatic carbocycles. The number of anilines is 1. The number of benzene rings is 2. The molecule has 2 heterocycles. The van der Waals surface area contributed by atoms with Gasteiger partial charge in [0.25, 0.3) is 5.56 Å². The lowest BCUT2D eigenvalue weighted by Crippen LogP contribution is -2.44. The number of Topliss-reactive ketones (excluding diaryl/α,β-unsaturated/α-hetero) is 1. The van der Waals surface area contributed by atoms with Crippen molar-refractivity contribution in [2.75, 3.05) is 11.5 Å². The molecular weight excluding hydrogens is 426 g/mol. The highest BCUT2D eigenvalue weighted by atomic mass is 32.2. The van der Waals surface area contributed by atoms with Crippen LogP contribution in [0, 0.1) is 0 Å². The lowest BCUT2D eigenvalue weighted by molar-refractivity contribution is 0.102. The number of carbonyl (C=O) groups is 1. The highest BCUT2D eigenvalue weighted by Crippen LogP contribution is 2.25. The summed E-state index contributed by atoms with van der Waals surface area (Å²) in [4.78, 5) is 47.4. The van der Waals surface area contributed by atoms with Crippen molar-refractivity contribution >= 4 is 34.3 Å². The van der Waals surface area contributed by atoms with Gasteiger partial charge in [-0.05, 0) is 18.6 Å². The second kappa shape index (κ2) is 9.19. The Morgan fingerprint density at radius 2 is 1.72 bits per heavy atom. The normalized spacial score (nSPS) is 11.0. The Kier molecular flexibility index (Phi) is 6.18. The lowest BCUT2D eigenvalue weighted by Gasteiger charge is -2.15.